The Morgan fingerprint density at radius 2 is 2.40 bits per heavy atom. The Kier molecular flexibility index (Phi) is 5.31. The van der Waals surface area contributed by atoms with Crippen molar-refractivity contribution in [1.82, 2.24) is 20.2 Å². The first-order valence-electron chi connectivity index (χ1n) is 6.73. The van der Waals surface area contributed by atoms with Crippen LogP contribution >= 0.6 is 11.3 Å². The molecule has 0 aliphatic heterocycles. The minimum atomic E-state index is -0.0534. The molecule has 0 fully saturated rings. The number of aryl methyl sites for hydroxylation is 1. The van der Waals surface area contributed by atoms with Gasteiger partial charge >= 0.3 is 0 Å². The third-order valence-corrected chi connectivity index (χ3v) is 3.92. The van der Waals surface area contributed by atoms with Crippen LogP contribution in [0.25, 0.3) is 0 Å². The van der Waals surface area contributed by atoms with E-state index in [1.807, 2.05) is 36.2 Å². The summed E-state index contributed by atoms with van der Waals surface area (Å²) >= 11 is 1.66. The standard InChI is InChI=1S/C14H20N4OS/c1-3-6-15-12(19)10-17-13(11-5-4-9-20-11)14-16-7-8-18(14)2/h4-5,7-9,13,17H,3,6,10H2,1-2H3,(H,15,19). The molecule has 2 aromatic heterocycles. The molecular weight excluding hydrogens is 272 g/mol. The van der Waals surface area contributed by atoms with Crippen LogP contribution < -0.4 is 10.6 Å². The first-order chi connectivity index (χ1) is 9.72. The van der Waals surface area contributed by atoms with E-state index in [4.69, 9.17) is 0 Å². The molecule has 0 aliphatic rings. The van der Waals surface area contributed by atoms with Crippen molar-refractivity contribution in [3.05, 3.63) is 40.6 Å². The van der Waals surface area contributed by atoms with Gasteiger partial charge in [0.2, 0.25) is 5.91 Å². The molecule has 0 spiro atoms. The molecule has 0 aromatic carbocycles. The lowest BCUT2D eigenvalue weighted by Crippen LogP contribution is -2.36. The highest BCUT2D eigenvalue weighted by molar-refractivity contribution is 7.10. The monoisotopic (exact) mass is 292 g/mol. The van der Waals surface area contributed by atoms with Crippen LogP contribution in [0.5, 0.6) is 0 Å². The van der Waals surface area contributed by atoms with Crippen LogP contribution in [0.4, 0.5) is 0 Å². The molecule has 2 heterocycles. The lowest BCUT2D eigenvalue weighted by atomic mass is 10.2. The lowest BCUT2D eigenvalue weighted by Gasteiger charge is -2.17. The first-order valence-corrected chi connectivity index (χ1v) is 7.61. The fourth-order valence-corrected chi connectivity index (χ4v) is 2.75. The van der Waals surface area contributed by atoms with E-state index in [-0.39, 0.29) is 18.5 Å². The third-order valence-electron chi connectivity index (χ3n) is 2.98. The minimum absolute atomic E-state index is 0.0163. The van der Waals surface area contributed by atoms with Gasteiger partial charge in [-0.25, -0.2) is 4.98 Å². The maximum absolute atomic E-state index is 11.7. The van der Waals surface area contributed by atoms with E-state index in [0.29, 0.717) is 6.54 Å². The molecule has 20 heavy (non-hydrogen) atoms. The Hall–Kier alpha value is -1.66. The number of carbonyl (C=O) groups is 1. The molecule has 1 atom stereocenters. The van der Waals surface area contributed by atoms with Crippen LogP contribution in [0.1, 0.15) is 30.1 Å². The maximum Gasteiger partial charge on any atom is 0.233 e. The summed E-state index contributed by atoms with van der Waals surface area (Å²) in [6, 6.07) is 4.01. The number of rotatable bonds is 7. The number of nitrogens with zero attached hydrogens (tertiary/aromatic N) is 2. The van der Waals surface area contributed by atoms with Gasteiger partial charge in [-0.05, 0) is 17.9 Å². The summed E-state index contributed by atoms with van der Waals surface area (Å²) in [5, 5.41) is 8.19. The summed E-state index contributed by atoms with van der Waals surface area (Å²) in [7, 11) is 1.96. The SMILES string of the molecule is CCCNC(=O)CNC(c1cccs1)c1nccn1C. The van der Waals surface area contributed by atoms with Crippen LogP contribution in [-0.2, 0) is 11.8 Å². The fraction of sp³-hybridized carbons (Fsp3) is 0.429. The molecule has 0 bridgehead atoms. The van der Waals surface area contributed by atoms with Crippen molar-refractivity contribution in [2.45, 2.75) is 19.4 Å². The fourth-order valence-electron chi connectivity index (χ4n) is 1.95. The Morgan fingerprint density at radius 1 is 1.55 bits per heavy atom. The van der Waals surface area contributed by atoms with E-state index in [1.54, 1.807) is 17.5 Å². The molecule has 6 heteroatoms. The van der Waals surface area contributed by atoms with Gasteiger partial charge in [0.05, 0.1) is 6.54 Å². The van der Waals surface area contributed by atoms with Gasteiger partial charge in [0, 0.05) is 30.9 Å². The Bertz CT molecular complexity index is 535. The third kappa shape index (κ3) is 3.68. The highest BCUT2D eigenvalue weighted by atomic mass is 32.1. The van der Waals surface area contributed by atoms with Crippen molar-refractivity contribution in [2.75, 3.05) is 13.1 Å². The first kappa shape index (κ1) is 14.7. The summed E-state index contributed by atoms with van der Waals surface area (Å²) < 4.78 is 1.97. The van der Waals surface area contributed by atoms with Crippen molar-refractivity contribution in [3.63, 3.8) is 0 Å². The number of imidazole rings is 1. The lowest BCUT2D eigenvalue weighted by molar-refractivity contribution is -0.120. The molecule has 0 saturated heterocycles. The van der Waals surface area contributed by atoms with Crippen LogP contribution in [0.2, 0.25) is 0 Å². The number of thiophene rings is 1. The summed E-state index contributed by atoms with van der Waals surface area (Å²) in [6.45, 7) is 3.04. The number of hydrogen-bond donors (Lipinski definition) is 2. The highest BCUT2D eigenvalue weighted by Gasteiger charge is 2.19. The Morgan fingerprint density at radius 3 is 3.00 bits per heavy atom. The average molecular weight is 292 g/mol. The van der Waals surface area contributed by atoms with Gasteiger partial charge in [0.15, 0.2) is 0 Å². The topological polar surface area (TPSA) is 59.0 Å². The van der Waals surface area contributed by atoms with Crippen molar-refractivity contribution in [2.24, 2.45) is 7.05 Å². The molecule has 108 valence electrons. The van der Waals surface area contributed by atoms with Gasteiger partial charge in [-0.3, -0.25) is 10.1 Å². The quantitative estimate of drug-likeness (QED) is 0.816. The predicted molar refractivity (Wildman–Crippen MR) is 80.7 cm³/mol. The molecule has 1 amide bonds. The number of nitrogens with one attached hydrogen (secondary N) is 2. The second-order valence-electron chi connectivity index (χ2n) is 4.58. The highest BCUT2D eigenvalue weighted by Crippen LogP contribution is 2.24. The number of amides is 1. The van der Waals surface area contributed by atoms with Crippen LogP contribution in [0.15, 0.2) is 29.9 Å². The number of aromatic nitrogens is 2. The Balaban J connectivity index is 2.05. The van der Waals surface area contributed by atoms with E-state index < -0.39 is 0 Å². The minimum Gasteiger partial charge on any atom is -0.355 e. The zero-order valence-corrected chi connectivity index (χ0v) is 12.6. The Labute approximate surface area is 123 Å². The van der Waals surface area contributed by atoms with Crippen molar-refractivity contribution in [1.29, 1.82) is 0 Å². The van der Waals surface area contributed by atoms with Gasteiger partial charge < -0.3 is 9.88 Å². The molecule has 2 N–H and O–H groups in total. The molecule has 0 radical (unpaired) electrons. The average Bonchev–Trinajstić information content (AvgIpc) is 3.09. The van der Waals surface area contributed by atoms with Crippen molar-refractivity contribution in [3.8, 4) is 0 Å². The van der Waals surface area contributed by atoms with Crippen LogP contribution in [-0.4, -0.2) is 28.5 Å². The zero-order chi connectivity index (χ0) is 14.4. The maximum atomic E-state index is 11.7. The number of carbonyl (C=O) groups excluding carboxylic acids is 1. The number of hydrogen-bond acceptors (Lipinski definition) is 4. The normalized spacial score (nSPS) is 12.3. The largest absolute Gasteiger partial charge is 0.355 e. The van der Waals surface area contributed by atoms with Crippen LogP contribution in [0, 0.1) is 0 Å². The molecule has 2 aromatic rings. The van der Waals surface area contributed by atoms with Gasteiger partial charge in [0.1, 0.15) is 11.9 Å². The summed E-state index contributed by atoms with van der Waals surface area (Å²) in [5.41, 5.74) is 0. The molecule has 0 saturated carbocycles. The van der Waals surface area contributed by atoms with E-state index in [9.17, 15) is 4.79 Å². The molecule has 0 aliphatic carbocycles. The summed E-state index contributed by atoms with van der Waals surface area (Å²) in [5.74, 6) is 0.929. The van der Waals surface area contributed by atoms with E-state index in [1.165, 1.54) is 0 Å². The summed E-state index contributed by atoms with van der Waals surface area (Å²) in [6.07, 6.45) is 4.63. The van der Waals surface area contributed by atoms with Gasteiger partial charge in [-0.2, -0.15) is 0 Å². The second-order valence-corrected chi connectivity index (χ2v) is 5.55. The van der Waals surface area contributed by atoms with E-state index in [2.05, 4.69) is 21.7 Å². The smallest absolute Gasteiger partial charge is 0.233 e. The molecule has 5 nitrogen and oxygen atoms in total. The van der Waals surface area contributed by atoms with Crippen molar-refractivity contribution < 1.29 is 4.79 Å². The van der Waals surface area contributed by atoms with Gasteiger partial charge in [0.25, 0.3) is 0 Å². The van der Waals surface area contributed by atoms with Crippen molar-refractivity contribution >= 4 is 17.2 Å². The van der Waals surface area contributed by atoms with Gasteiger partial charge in [-0.15, -0.1) is 11.3 Å². The van der Waals surface area contributed by atoms with Crippen LogP contribution in [0.3, 0.4) is 0 Å². The van der Waals surface area contributed by atoms with Gasteiger partial charge in [-0.1, -0.05) is 13.0 Å². The van der Waals surface area contributed by atoms with E-state index in [0.717, 1.165) is 17.1 Å². The predicted octanol–water partition coefficient (Wildman–Crippen LogP) is 1.69. The zero-order valence-electron chi connectivity index (χ0n) is 11.8. The van der Waals surface area contributed by atoms with E-state index >= 15 is 0 Å². The second kappa shape index (κ2) is 7.21. The summed E-state index contributed by atoms with van der Waals surface area (Å²) in [4.78, 5) is 17.3. The molecule has 2 rings (SSSR count). The molecular formula is C14H20N4OS. The molecule has 1 unspecified atom stereocenters.